The van der Waals surface area contributed by atoms with E-state index in [0.29, 0.717) is 17.2 Å². The Bertz CT molecular complexity index is 804. The number of hydrogen-bond donors (Lipinski definition) is 0. The lowest BCUT2D eigenvalue weighted by atomic mass is 9.97. The van der Waals surface area contributed by atoms with Crippen molar-refractivity contribution in [1.29, 1.82) is 0 Å². The number of nitrogens with zero attached hydrogens (tertiary/aromatic N) is 3. The predicted octanol–water partition coefficient (Wildman–Crippen LogP) is 2.67. The molecule has 1 amide bonds. The highest BCUT2D eigenvalue weighted by molar-refractivity contribution is 5.81. The summed E-state index contributed by atoms with van der Waals surface area (Å²) in [6.07, 6.45) is 6.33. The first-order chi connectivity index (χ1) is 12.6. The van der Waals surface area contributed by atoms with Crippen LogP contribution in [0.3, 0.4) is 0 Å². The van der Waals surface area contributed by atoms with Crippen molar-refractivity contribution in [1.82, 2.24) is 14.7 Å². The summed E-state index contributed by atoms with van der Waals surface area (Å²) in [4.78, 5) is 15.0. The first-order valence-electron chi connectivity index (χ1n) is 8.97. The van der Waals surface area contributed by atoms with Crippen LogP contribution in [-0.2, 0) is 11.8 Å². The maximum absolute atomic E-state index is 13.0. The van der Waals surface area contributed by atoms with Crippen LogP contribution in [0.4, 0.5) is 0 Å². The lowest BCUT2D eigenvalue weighted by molar-refractivity contribution is -0.142. The highest BCUT2D eigenvalue weighted by Crippen LogP contribution is 2.36. The Balaban J connectivity index is 1.48. The lowest BCUT2D eigenvalue weighted by Crippen LogP contribution is -2.44. The maximum atomic E-state index is 13.0. The van der Waals surface area contributed by atoms with Crippen LogP contribution in [0, 0.1) is 0 Å². The van der Waals surface area contributed by atoms with Gasteiger partial charge in [-0.25, -0.2) is 0 Å². The monoisotopic (exact) mass is 357 g/mol. The standard InChI is InChI=1S/C19H23N3O4/c1-13(26-15-6-7-17-18(9-15)25-12-24-17)19(23)22-8-4-3-5-16(22)14-10-20-21(2)11-14/h6-7,9-11,13,16H,3-5,8,12H2,1-2H3/t13-,16-/m1/s1. The summed E-state index contributed by atoms with van der Waals surface area (Å²) in [6.45, 7) is 2.75. The van der Waals surface area contributed by atoms with E-state index in [2.05, 4.69) is 5.10 Å². The molecule has 2 aromatic rings. The smallest absolute Gasteiger partial charge is 0.263 e. The van der Waals surface area contributed by atoms with Crippen molar-refractivity contribution >= 4 is 5.91 Å². The summed E-state index contributed by atoms with van der Waals surface area (Å²) in [7, 11) is 1.89. The topological polar surface area (TPSA) is 65.8 Å². The SMILES string of the molecule is C[C@@H](Oc1ccc2c(c1)OCO2)C(=O)N1CCCC[C@@H]1c1cnn(C)c1. The number of ether oxygens (including phenoxy) is 3. The molecule has 0 unspecified atom stereocenters. The summed E-state index contributed by atoms with van der Waals surface area (Å²) in [5.74, 6) is 1.94. The molecule has 1 aromatic heterocycles. The van der Waals surface area contributed by atoms with Gasteiger partial charge in [0.15, 0.2) is 17.6 Å². The molecule has 0 bridgehead atoms. The van der Waals surface area contributed by atoms with Gasteiger partial charge in [-0.3, -0.25) is 9.48 Å². The van der Waals surface area contributed by atoms with Crippen LogP contribution in [-0.4, -0.2) is 40.0 Å². The molecule has 0 spiro atoms. The Morgan fingerprint density at radius 1 is 1.31 bits per heavy atom. The van der Waals surface area contributed by atoms with Crippen molar-refractivity contribution < 1.29 is 19.0 Å². The van der Waals surface area contributed by atoms with Gasteiger partial charge in [0.2, 0.25) is 6.79 Å². The van der Waals surface area contributed by atoms with Crippen LogP contribution in [0.1, 0.15) is 37.8 Å². The molecule has 26 heavy (non-hydrogen) atoms. The number of rotatable bonds is 4. The number of fused-ring (bicyclic) bond motifs is 1. The van der Waals surface area contributed by atoms with Gasteiger partial charge < -0.3 is 19.1 Å². The molecule has 2 aliphatic heterocycles. The molecule has 2 atom stereocenters. The number of aryl methyl sites for hydroxylation is 1. The Hall–Kier alpha value is -2.70. The highest BCUT2D eigenvalue weighted by Gasteiger charge is 2.32. The molecule has 0 N–H and O–H groups in total. The minimum absolute atomic E-state index is 0.00350. The van der Waals surface area contributed by atoms with Crippen LogP contribution < -0.4 is 14.2 Å². The second-order valence-electron chi connectivity index (χ2n) is 6.77. The van der Waals surface area contributed by atoms with E-state index in [-0.39, 0.29) is 18.7 Å². The fourth-order valence-corrected chi connectivity index (χ4v) is 3.59. The van der Waals surface area contributed by atoms with Crippen molar-refractivity contribution in [2.45, 2.75) is 38.3 Å². The maximum Gasteiger partial charge on any atom is 0.263 e. The van der Waals surface area contributed by atoms with E-state index in [0.717, 1.165) is 31.4 Å². The van der Waals surface area contributed by atoms with E-state index in [1.54, 1.807) is 29.8 Å². The normalized spacial score (nSPS) is 20.1. The molecule has 3 heterocycles. The van der Waals surface area contributed by atoms with Gasteiger partial charge in [-0.15, -0.1) is 0 Å². The van der Waals surface area contributed by atoms with Crippen molar-refractivity contribution in [3.05, 3.63) is 36.2 Å². The first-order valence-corrected chi connectivity index (χ1v) is 8.97. The Kier molecular flexibility index (Phi) is 4.44. The van der Waals surface area contributed by atoms with Gasteiger partial charge in [-0.2, -0.15) is 5.10 Å². The van der Waals surface area contributed by atoms with E-state index in [1.165, 1.54) is 0 Å². The Morgan fingerprint density at radius 3 is 2.96 bits per heavy atom. The molecule has 7 heteroatoms. The molecular formula is C19H23N3O4. The number of benzene rings is 1. The van der Waals surface area contributed by atoms with Gasteiger partial charge in [-0.1, -0.05) is 0 Å². The van der Waals surface area contributed by atoms with Crippen molar-refractivity contribution in [3.63, 3.8) is 0 Å². The molecule has 138 valence electrons. The number of piperidine rings is 1. The van der Waals surface area contributed by atoms with Gasteiger partial charge in [0.25, 0.3) is 5.91 Å². The third-order valence-electron chi connectivity index (χ3n) is 4.90. The van der Waals surface area contributed by atoms with Crippen molar-refractivity contribution in [2.24, 2.45) is 7.05 Å². The number of hydrogen-bond acceptors (Lipinski definition) is 5. The first kappa shape index (κ1) is 16.8. The van der Waals surface area contributed by atoms with Gasteiger partial charge in [0.1, 0.15) is 5.75 Å². The van der Waals surface area contributed by atoms with Crippen molar-refractivity contribution in [3.8, 4) is 17.2 Å². The quantitative estimate of drug-likeness (QED) is 0.842. The largest absolute Gasteiger partial charge is 0.481 e. The zero-order chi connectivity index (χ0) is 18.1. The van der Waals surface area contributed by atoms with E-state index in [9.17, 15) is 4.79 Å². The molecule has 4 rings (SSSR count). The van der Waals surface area contributed by atoms with Crippen molar-refractivity contribution in [2.75, 3.05) is 13.3 Å². The molecule has 1 aromatic carbocycles. The van der Waals surface area contributed by atoms with Crippen LogP contribution >= 0.6 is 0 Å². The fourth-order valence-electron chi connectivity index (χ4n) is 3.59. The van der Waals surface area contributed by atoms with Gasteiger partial charge in [0, 0.05) is 31.4 Å². The van der Waals surface area contributed by atoms with Gasteiger partial charge in [0.05, 0.1) is 12.2 Å². The second kappa shape index (κ2) is 6.90. The molecule has 0 aliphatic carbocycles. The molecule has 2 aliphatic rings. The molecule has 0 radical (unpaired) electrons. The highest BCUT2D eigenvalue weighted by atomic mass is 16.7. The summed E-state index contributed by atoms with van der Waals surface area (Å²) < 4.78 is 18.3. The summed E-state index contributed by atoms with van der Waals surface area (Å²) in [5.41, 5.74) is 1.08. The zero-order valence-corrected chi connectivity index (χ0v) is 15.1. The van der Waals surface area contributed by atoms with Gasteiger partial charge >= 0.3 is 0 Å². The predicted molar refractivity (Wildman–Crippen MR) is 94.2 cm³/mol. The number of likely N-dealkylation sites (tertiary alicyclic amines) is 1. The van der Waals surface area contributed by atoms with Crippen LogP contribution in [0.5, 0.6) is 17.2 Å². The summed E-state index contributed by atoms with van der Waals surface area (Å²) in [5, 5.41) is 4.25. The zero-order valence-electron chi connectivity index (χ0n) is 15.1. The number of carbonyl (C=O) groups is 1. The third-order valence-corrected chi connectivity index (χ3v) is 4.90. The minimum atomic E-state index is -0.576. The summed E-state index contributed by atoms with van der Waals surface area (Å²) in [6, 6.07) is 5.43. The van der Waals surface area contributed by atoms with Gasteiger partial charge in [-0.05, 0) is 38.3 Å². The second-order valence-corrected chi connectivity index (χ2v) is 6.77. The number of aromatic nitrogens is 2. The minimum Gasteiger partial charge on any atom is -0.481 e. The summed E-state index contributed by atoms with van der Waals surface area (Å²) >= 11 is 0. The Labute approximate surface area is 152 Å². The number of amides is 1. The third kappa shape index (κ3) is 3.21. The van der Waals surface area contributed by atoms with Crippen LogP contribution in [0.25, 0.3) is 0 Å². The van der Waals surface area contributed by atoms with E-state index in [4.69, 9.17) is 14.2 Å². The molecule has 1 fully saturated rings. The average Bonchev–Trinajstić information content (AvgIpc) is 3.29. The van der Waals surface area contributed by atoms with Crippen LogP contribution in [0.15, 0.2) is 30.6 Å². The average molecular weight is 357 g/mol. The van der Waals surface area contributed by atoms with E-state index < -0.39 is 6.10 Å². The Morgan fingerprint density at radius 2 is 2.15 bits per heavy atom. The van der Waals surface area contributed by atoms with E-state index in [1.807, 2.05) is 24.3 Å². The lowest BCUT2D eigenvalue weighted by Gasteiger charge is -2.36. The van der Waals surface area contributed by atoms with E-state index >= 15 is 0 Å². The number of carbonyl (C=O) groups excluding carboxylic acids is 1. The fraction of sp³-hybridized carbons (Fsp3) is 0.474. The molecule has 0 saturated carbocycles. The molecule has 1 saturated heterocycles. The van der Waals surface area contributed by atoms with Crippen LogP contribution in [0.2, 0.25) is 0 Å². The molecular weight excluding hydrogens is 334 g/mol. The molecule has 7 nitrogen and oxygen atoms in total.